The first-order valence-corrected chi connectivity index (χ1v) is 14.1. The number of sulfonamides is 1. The Bertz CT molecular complexity index is 1090. The summed E-state index contributed by atoms with van der Waals surface area (Å²) in [5.41, 5.74) is 6.82. The van der Waals surface area contributed by atoms with E-state index in [2.05, 4.69) is 47.6 Å². The molecule has 0 amide bonds. The molecule has 11 heteroatoms. The van der Waals surface area contributed by atoms with Crippen molar-refractivity contribution in [1.82, 2.24) is 9.73 Å². The zero-order valence-electron chi connectivity index (χ0n) is 21.3. The summed E-state index contributed by atoms with van der Waals surface area (Å²) in [6.07, 6.45) is 7.80. The fourth-order valence-corrected chi connectivity index (χ4v) is 5.47. The summed E-state index contributed by atoms with van der Waals surface area (Å²) in [5, 5.41) is 7.61. The summed E-state index contributed by atoms with van der Waals surface area (Å²) in [6.45, 7) is 10.4. The Morgan fingerprint density at radius 3 is 2.42 bits per heavy atom. The average Bonchev–Trinajstić information content (AvgIpc) is 2.87. The summed E-state index contributed by atoms with van der Waals surface area (Å²) in [5.74, 6) is 0. The van der Waals surface area contributed by atoms with E-state index < -0.39 is 10.0 Å². The third-order valence-corrected chi connectivity index (χ3v) is 7.95. The van der Waals surface area contributed by atoms with E-state index in [0.717, 1.165) is 18.5 Å². The lowest BCUT2D eigenvalue weighted by molar-refractivity contribution is 0.0730. The molecule has 0 unspecified atom stereocenters. The van der Waals surface area contributed by atoms with Crippen molar-refractivity contribution in [3.8, 4) is 0 Å². The molecule has 2 saturated heterocycles. The van der Waals surface area contributed by atoms with Crippen LogP contribution in [0.5, 0.6) is 0 Å². The number of ether oxygens (including phenoxy) is 2. The van der Waals surface area contributed by atoms with Crippen LogP contribution < -0.4 is 15.6 Å². The van der Waals surface area contributed by atoms with Gasteiger partial charge < -0.3 is 19.7 Å². The van der Waals surface area contributed by atoms with Crippen LogP contribution in [0.4, 0.5) is 11.4 Å². The molecule has 0 aromatic heterocycles. The molecule has 36 heavy (non-hydrogen) atoms. The van der Waals surface area contributed by atoms with Crippen LogP contribution in [0.2, 0.25) is 0 Å². The zero-order valence-corrected chi connectivity index (χ0v) is 23.0. The molecule has 0 spiro atoms. The molecule has 2 aliphatic heterocycles. The Labute approximate surface area is 220 Å². The van der Waals surface area contributed by atoms with Gasteiger partial charge in [-0.25, -0.2) is 8.42 Å². The van der Waals surface area contributed by atoms with E-state index in [-0.39, 0.29) is 10.0 Å². The fraction of sp³-hybridized carbons (Fsp3) is 0.520. The van der Waals surface area contributed by atoms with Crippen molar-refractivity contribution in [2.24, 2.45) is 5.10 Å². The summed E-state index contributed by atoms with van der Waals surface area (Å²) in [7, 11) is -3.65. The van der Waals surface area contributed by atoms with Crippen molar-refractivity contribution < 1.29 is 17.9 Å². The summed E-state index contributed by atoms with van der Waals surface area (Å²) < 4.78 is 38.7. The minimum Gasteiger partial charge on any atom is -0.379 e. The molecule has 0 atom stereocenters. The molecule has 2 N–H and O–H groups in total. The van der Waals surface area contributed by atoms with E-state index in [4.69, 9.17) is 21.7 Å². The molecule has 9 nitrogen and oxygen atoms in total. The number of anilines is 2. The predicted molar refractivity (Wildman–Crippen MR) is 149 cm³/mol. The van der Waals surface area contributed by atoms with Crippen LogP contribution >= 0.6 is 12.2 Å². The first-order chi connectivity index (χ1) is 17.3. The molecule has 0 radical (unpaired) electrons. The normalized spacial score (nSPS) is 17.8. The molecule has 1 aromatic rings. The van der Waals surface area contributed by atoms with Gasteiger partial charge in [0.25, 0.3) is 0 Å². The van der Waals surface area contributed by atoms with E-state index >= 15 is 0 Å². The largest absolute Gasteiger partial charge is 0.379 e. The highest BCUT2D eigenvalue weighted by molar-refractivity contribution is 7.89. The zero-order chi connectivity index (χ0) is 26.0. The highest BCUT2D eigenvalue weighted by atomic mass is 32.2. The van der Waals surface area contributed by atoms with Crippen molar-refractivity contribution in [3.63, 3.8) is 0 Å². The van der Waals surface area contributed by atoms with Gasteiger partial charge in [0.05, 0.1) is 42.7 Å². The molecular formula is C25H37N5O4S2. The van der Waals surface area contributed by atoms with Gasteiger partial charge in [-0.1, -0.05) is 17.2 Å². The van der Waals surface area contributed by atoms with Crippen molar-refractivity contribution in [1.29, 1.82) is 0 Å². The van der Waals surface area contributed by atoms with Gasteiger partial charge >= 0.3 is 0 Å². The summed E-state index contributed by atoms with van der Waals surface area (Å²) >= 11 is 5.45. The average molecular weight is 536 g/mol. The van der Waals surface area contributed by atoms with Crippen LogP contribution in [0.15, 0.2) is 51.5 Å². The smallest absolute Gasteiger partial charge is 0.243 e. The molecule has 0 aliphatic carbocycles. The Hall–Kier alpha value is -2.31. The van der Waals surface area contributed by atoms with Gasteiger partial charge in [-0.3, -0.25) is 5.43 Å². The first-order valence-electron chi connectivity index (χ1n) is 12.2. The molecule has 2 fully saturated rings. The summed E-state index contributed by atoms with van der Waals surface area (Å²) in [4.78, 5) is 2.37. The monoisotopic (exact) mass is 535 g/mol. The van der Waals surface area contributed by atoms with Crippen LogP contribution in [0.3, 0.4) is 0 Å². The molecule has 1 aromatic carbocycles. The third-order valence-electron chi connectivity index (χ3n) is 5.87. The topological polar surface area (TPSA) is 95.5 Å². The number of hydrazone groups is 1. The van der Waals surface area contributed by atoms with E-state index in [1.165, 1.54) is 15.5 Å². The Morgan fingerprint density at radius 2 is 1.75 bits per heavy atom. The van der Waals surface area contributed by atoms with Gasteiger partial charge in [0, 0.05) is 32.4 Å². The maximum Gasteiger partial charge on any atom is 0.243 e. The van der Waals surface area contributed by atoms with Gasteiger partial charge in [-0.2, -0.15) is 9.41 Å². The van der Waals surface area contributed by atoms with Crippen LogP contribution in [0.1, 0.15) is 33.6 Å². The third kappa shape index (κ3) is 8.38. The maximum atomic E-state index is 13.2. The second-order valence-corrected chi connectivity index (χ2v) is 11.3. The number of rotatable bonds is 9. The SMILES string of the molecule is CC(C)=CCCC(C)=CC=NNC(=S)Nc1cc(S(=O)(=O)N2CCOCC2)ccc1N1CCOCC1. The van der Waals surface area contributed by atoms with Crippen molar-refractivity contribution in [2.45, 2.75) is 38.5 Å². The number of hydrogen-bond donors (Lipinski definition) is 2. The predicted octanol–water partition coefficient (Wildman–Crippen LogP) is 3.51. The second kappa shape index (κ2) is 13.8. The standard InChI is InChI=1S/C25H37N5O4S2/c1-20(2)5-4-6-21(3)9-10-26-28-25(35)27-23-19-22(36(31,32)30-13-17-34-18-14-30)7-8-24(23)29-11-15-33-16-12-29/h5,7-10,19H,4,6,11-18H2,1-3H3,(H2,27,28,35). The molecule has 2 aliphatic rings. The van der Waals surface area contributed by atoms with Crippen LogP contribution in [0.25, 0.3) is 0 Å². The number of thiocarbonyl (C=S) groups is 1. The Kier molecular flexibility index (Phi) is 10.9. The number of morpholine rings is 2. The maximum absolute atomic E-state index is 13.2. The molecule has 2 heterocycles. The number of nitrogens with one attached hydrogen (secondary N) is 2. The van der Waals surface area contributed by atoms with Gasteiger partial charge in [-0.15, -0.1) is 0 Å². The van der Waals surface area contributed by atoms with Crippen molar-refractivity contribution >= 4 is 44.9 Å². The number of allylic oxidation sites excluding steroid dienone is 4. The highest BCUT2D eigenvalue weighted by Crippen LogP contribution is 2.31. The van der Waals surface area contributed by atoms with E-state index in [9.17, 15) is 8.42 Å². The fourth-order valence-electron chi connectivity index (χ4n) is 3.87. The lowest BCUT2D eigenvalue weighted by Crippen LogP contribution is -2.40. The quantitative estimate of drug-likeness (QED) is 0.215. The van der Waals surface area contributed by atoms with Crippen LogP contribution in [-0.2, 0) is 19.5 Å². The molecular weight excluding hydrogens is 498 g/mol. The number of benzene rings is 1. The highest BCUT2D eigenvalue weighted by Gasteiger charge is 2.28. The minimum absolute atomic E-state index is 0.213. The van der Waals surface area contributed by atoms with Gasteiger partial charge in [0.15, 0.2) is 5.11 Å². The number of nitrogens with zero attached hydrogens (tertiary/aromatic N) is 3. The van der Waals surface area contributed by atoms with Crippen LogP contribution in [0, 0.1) is 0 Å². The lowest BCUT2D eigenvalue weighted by atomic mass is 10.1. The minimum atomic E-state index is -3.65. The van der Waals surface area contributed by atoms with E-state index in [1.807, 2.05) is 12.1 Å². The number of hydrogen-bond acceptors (Lipinski definition) is 7. The van der Waals surface area contributed by atoms with E-state index in [0.29, 0.717) is 58.3 Å². The molecule has 0 bridgehead atoms. The van der Waals surface area contributed by atoms with Crippen molar-refractivity contribution in [3.05, 3.63) is 41.5 Å². The van der Waals surface area contributed by atoms with Gasteiger partial charge in [-0.05, 0) is 70.1 Å². The lowest BCUT2D eigenvalue weighted by Gasteiger charge is -2.31. The Morgan fingerprint density at radius 1 is 1.08 bits per heavy atom. The second-order valence-electron chi connectivity index (χ2n) is 8.97. The molecule has 198 valence electrons. The molecule has 3 rings (SSSR count). The van der Waals surface area contributed by atoms with E-state index in [1.54, 1.807) is 18.3 Å². The molecule has 0 saturated carbocycles. The Balaban J connectivity index is 1.72. The van der Waals surface area contributed by atoms with Gasteiger partial charge in [0.1, 0.15) is 0 Å². The first kappa shape index (κ1) is 28.3. The van der Waals surface area contributed by atoms with Crippen molar-refractivity contribution in [2.75, 3.05) is 62.8 Å². The van der Waals surface area contributed by atoms with Crippen LogP contribution in [-0.4, -0.2) is 76.7 Å². The summed E-state index contributed by atoms with van der Waals surface area (Å²) in [6, 6.07) is 5.12. The van der Waals surface area contributed by atoms with Gasteiger partial charge in [0.2, 0.25) is 10.0 Å².